The molecule has 5 aromatic rings. The van der Waals surface area contributed by atoms with Gasteiger partial charge in [0.15, 0.2) is 0 Å². The highest BCUT2D eigenvalue weighted by atomic mass is 16.5. The van der Waals surface area contributed by atoms with Gasteiger partial charge in [0, 0.05) is 56.7 Å². The molecule has 0 amide bonds. The fourth-order valence-corrected chi connectivity index (χ4v) is 9.51. The molecule has 0 saturated heterocycles. The Balaban J connectivity index is 1.06. The molecule has 1 aliphatic heterocycles. The van der Waals surface area contributed by atoms with E-state index in [4.69, 9.17) is 4.74 Å². The molecule has 6 aliphatic rings. The Kier molecular flexibility index (Phi) is 6.59. The predicted octanol–water partition coefficient (Wildman–Crippen LogP) is 12.3. The first kappa shape index (κ1) is 29.2. The molecule has 0 bridgehead atoms. The van der Waals surface area contributed by atoms with Crippen LogP contribution in [0.3, 0.4) is 0 Å². The van der Waals surface area contributed by atoms with Crippen LogP contribution in [0.25, 0.3) is 66.9 Å². The van der Waals surface area contributed by atoms with Gasteiger partial charge in [0.05, 0.1) is 16.6 Å². The second kappa shape index (κ2) is 11.5. The number of fused-ring (bicyclic) bond motifs is 8. The molecule has 248 valence electrons. The second-order valence-corrected chi connectivity index (χ2v) is 14.8. The summed E-state index contributed by atoms with van der Waals surface area (Å²) in [6.45, 7) is 0. The molecule has 51 heavy (non-hydrogen) atoms. The van der Waals surface area contributed by atoms with Crippen LogP contribution < -0.4 is 0 Å². The van der Waals surface area contributed by atoms with Gasteiger partial charge in [-0.1, -0.05) is 79.0 Å². The van der Waals surface area contributed by atoms with E-state index in [9.17, 15) is 0 Å². The van der Waals surface area contributed by atoms with Crippen molar-refractivity contribution in [3.05, 3.63) is 156 Å². The summed E-state index contributed by atoms with van der Waals surface area (Å²) >= 11 is 0. The van der Waals surface area contributed by atoms with Crippen LogP contribution in [0.15, 0.2) is 139 Å². The molecule has 2 unspecified atom stereocenters. The van der Waals surface area contributed by atoms with E-state index in [1.54, 1.807) is 0 Å². The van der Waals surface area contributed by atoms with Crippen molar-refractivity contribution in [1.82, 2.24) is 9.13 Å². The van der Waals surface area contributed by atoms with Crippen molar-refractivity contribution >= 4 is 55.8 Å². The van der Waals surface area contributed by atoms with Gasteiger partial charge >= 0.3 is 0 Å². The molecule has 3 nitrogen and oxygen atoms in total. The van der Waals surface area contributed by atoms with Crippen LogP contribution in [0.5, 0.6) is 0 Å². The molecule has 3 aromatic carbocycles. The molecule has 2 atom stereocenters. The molecule has 0 fully saturated rings. The normalized spacial score (nSPS) is 21.9. The van der Waals surface area contributed by atoms with Crippen LogP contribution in [0.1, 0.15) is 61.8 Å². The van der Waals surface area contributed by atoms with Crippen molar-refractivity contribution in [2.24, 2.45) is 5.92 Å². The van der Waals surface area contributed by atoms with Gasteiger partial charge in [0.2, 0.25) is 0 Å². The first-order valence-corrected chi connectivity index (χ1v) is 18.9. The van der Waals surface area contributed by atoms with Gasteiger partial charge in [-0.15, -0.1) is 0 Å². The molecule has 3 heteroatoms. The summed E-state index contributed by atoms with van der Waals surface area (Å²) in [4.78, 5) is 0. The number of nitrogens with zero attached hydrogens (tertiary/aromatic N) is 2. The number of allylic oxidation sites excluding steroid dienone is 14. The molecule has 0 saturated carbocycles. The summed E-state index contributed by atoms with van der Waals surface area (Å²) in [5.74, 6) is 1.51. The third-order valence-corrected chi connectivity index (χ3v) is 12.0. The minimum absolute atomic E-state index is 0.146. The fraction of sp³-hybridized carbons (Fsp3) is 0.208. The third kappa shape index (κ3) is 4.57. The molecule has 0 radical (unpaired) electrons. The summed E-state index contributed by atoms with van der Waals surface area (Å²) in [7, 11) is 0. The highest BCUT2D eigenvalue weighted by Crippen LogP contribution is 2.45. The highest BCUT2D eigenvalue weighted by molar-refractivity contribution is 6.12. The lowest BCUT2D eigenvalue weighted by Gasteiger charge is -2.17. The van der Waals surface area contributed by atoms with Crippen molar-refractivity contribution in [2.75, 3.05) is 0 Å². The molecule has 11 rings (SSSR count). The highest BCUT2D eigenvalue weighted by Gasteiger charge is 2.35. The van der Waals surface area contributed by atoms with E-state index in [0.717, 1.165) is 51.4 Å². The first-order chi connectivity index (χ1) is 25.3. The second-order valence-electron chi connectivity index (χ2n) is 14.8. The molecule has 0 spiro atoms. The Morgan fingerprint density at radius 3 is 1.96 bits per heavy atom. The Labute approximate surface area is 298 Å². The summed E-state index contributed by atoms with van der Waals surface area (Å²) in [6, 6.07) is 21.5. The maximum absolute atomic E-state index is 6.37. The van der Waals surface area contributed by atoms with E-state index < -0.39 is 0 Å². The zero-order valence-corrected chi connectivity index (χ0v) is 28.8. The Morgan fingerprint density at radius 2 is 1.22 bits per heavy atom. The largest absolute Gasteiger partial charge is 0.489 e. The van der Waals surface area contributed by atoms with E-state index in [0.29, 0.717) is 5.92 Å². The SMILES string of the molecule is C1=CCCC(n2c3c(c4cc(-c5ccc6c(c5)c5cc(C7=CC8=C(CC7)OC7C=CC=CC87)ccc5n6C5=CC=CCC5)ccc42)C=CCC3)=C1. The summed E-state index contributed by atoms with van der Waals surface area (Å²) in [5, 5.41) is 4.00. The predicted molar refractivity (Wildman–Crippen MR) is 214 cm³/mol. The zero-order chi connectivity index (χ0) is 33.5. The standard InChI is InChI=1S/C48H40N2O/c1-3-11-35(12-4-1)49-43-17-9-7-15-37(43)39-27-31(19-23-44(39)49)32-20-24-45-40(28-32)41-29-33(21-25-46(41)50(45)36-13-5-2-6-14-36)34-22-26-48-42(30-34)38-16-8-10-18-47(38)51-48/h1-3,5,7-8,10-11,13,15-16,18-21,23-25,27-30,38,47H,4,6,9,12,14,17,22,26H2. The quantitative estimate of drug-likeness (QED) is 0.188. The first-order valence-electron chi connectivity index (χ1n) is 18.9. The zero-order valence-electron chi connectivity index (χ0n) is 28.8. The summed E-state index contributed by atoms with van der Waals surface area (Å²) in [5.41, 5.74) is 16.2. The van der Waals surface area contributed by atoms with Crippen LogP contribution in [0, 0.1) is 5.92 Å². The van der Waals surface area contributed by atoms with Crippen LogP contribution in [-0.2, 0) is 11.2 Å². The monoisotopic (exact) mass is 660 g/mol. The van der Waals surface area contributed by atoms with Gasteiger partial charge in [-0.2, -0.15) is 0 Å². The summed E-state index contributed by atoms with van der Waals surface area (Å²) in [6.07, 6.45) is 38.2. The van der Waals surface area contributed by atoms with Gasteiger partial charge in [-0.3, -0.25) is 0 Å². The Bertz CT molecular complexity index is 2620. The lowest BCUT2D eigenvalue weighted by atomic mass is 9.85. The number of hydrogen-bond donors (Lipinski definition) is 0. The van der Waals surface area contributed by atoms with Crippen molar-refractivity contribution in [2.45, 2.75) is 57.5 Å². The molecular formula is C48H40N2O. The molecular weight excluding hydrogens is 621 g/mol. The van der Waals surface area contributed by atoms with Crippen molar-refractivity contribution in [1.29, 1.82) is 0 Å². The van der Waals surface area contributed by atoms with E-state index in [-0.39, 0.29) is 6.10 Å². The van der Waals surface area contributed by atoms with Gasteiger partial charge < -0.3 is 13.9 Å². The maximum atomic E-state index is 6.37. The van der Waals surface area contributed by atoms with E-state index in [1.165, 1.54) is 89.0 Å². The lowest BCUT2D eigenvalue weighted by Crippen LogP contribution is -2.15. The number of benzene rings is 3. The minimum Gasteiger partial charge on any atom is -0.489 e. The fourth-order valence-electron chi connectivity index (χ4n) is 9.51. The number of rotatable bonds is 4. The van der Waals surface area contributed by atoms with Crippen LogP contribution in [-0.4, -0.2) is 15.2 Å². The van der Waals surface area contributed by atoms with Gasteiger partial charge in [-0.25, -0.2) is 0 Å². The van der Waals surface area contributed by atoms with Crippen molar-refractivity contribution < 1.29 is 4.74 Å². The molecule has 2 aromatic heterocycles. The van der Waals surface area contributed by atoms with Crippen LogP contribution in [0.2, 0.25) is 0 Å². The van der Waals surface area contributed by atoms with E-state index >= 15 is 0 Å². The summed E-state index contributed by atoms with van der Waals surface area (Å²) < 4.78 is 11.4. The maximum Gasteiger partial charge on any atom is 0.127 e. The van der Waals surface area contributed by atoms with E-state index in [1.807, 2.05) is 0 Å². The smallest absolute Gasteiger partial charge is 0.127 e. The molecule has 3 heterocycles. The van der Waals surface area contributed by atoms with Crippen LogP contribution in [0.4, 0.5) is 0 Å². The minimum atomic E-state index is 0.146. The van der Waals surface area contributed by atoms with Gasteiger partial charge in [-0.05, 0) is 122 Å². The average molecular weight is 661 g/mol. The molecule has 5 aliphatic carbocycles. The average Bonchev–Trinajstić information content (AvgIpc) is 3.85. The number of ether oxygens (including phenoxy) is 1. The third-order valence-electron chi connectivity index (χ3n) is 12.0. The van der Waals surface area contributed by atoms with Crippen LogP contribution >= 0.6 is 0 Å². The lowest BCUT2D eigenvalue weighted by molar-refractivity contribution is 0.158. The van der Waals surface area contributed by atoms with Gasteiger partial charge in [0.1, 0.15) is 11.9 Å². The molecule has 0 N–H and O–H groups in total. The van der Waals surface area contributed by atoms with Gasteiger partial charge in [0.25, 0.3) is 0 Å². The number of hydrogen-bond acceptors (Lipinski definition) is 1. The van der Waals surface area contributed by atoms with Crippen molar-refractivity contribution in [3.8, 4) is 11.1 Å². The van der Waals surface area contributed by atoms with Crippen molar-refractivity contribution in [3.63, 3.8) is 0 Å². The van der Waals surface area contributed by atoms with E-state index in [2.05, 4.69) is 143 Å². The number of aromatic nitrogens is 2. The Hall–Kier alpha value is -5.54. The Morgan fingerprint density at radius 1 is 0.569 bits per heavy atom. The topological polar surface area (TPSA) is 19.1 Å².